The van der Waals surface area contributed by atoms with Gasteiger partial charge in [-0.1, -0.05) is 0 Å². The predicted molar refractivity (Wildman–Crippen MR) is 85.1 cm³/mol. The number of nitrogens with one attached hydrogen (secondary N) is 1. The van der Waals surface area contributed by atoms with Crippen LogP contribution in [0.25, 0.3) is 22.4 Å². The molecule has 6 nitrogen and oxygen atoms in total. The molecule has 0 amide bonds. The van der Waals surface area contributed by atoms with Gasteiger partial charge in [0.25, 0.3) is 0 Å². The minimum atomic E-state index is -0.403. The Kier molecular flexibility index (Phi) is 3.97. The topological polar surface area (TPSA) is 73.7 Å². The van der Waals surface area contributed by atoms with E-state index in [9.17, 15) is 4.79 Å². The molecule has 0 saturated heterocycles. The number of hydrogen-bond acceptors (Lipinski definition) is 5. The number of furan rings is 1. The first kappa shape index (κ1) is 15.0. The molecule has 0 bridgehead atoms. The Balaban J connectivity index is 2.01. The van der Waals surface area contributed by atoms with Crippen LogP contribution in [0, 0.1) is 0 Å². The van der Waals surface area contributed by atoms with Crippen LogP contribution in [0.15, 0.2) is 34.7 Å². The van der Waals surface area contributed by atoms with E-state index in [0.717, 1.165) is 5.56 Å². The molecular formula is C17H17NO5. The Morgan fingerprint density at radius 1 is 1.17 bits per heavy atom. The van der Waals surface area contributed by atoms with Crippen molar-refractivity contribution in [3.05, 3.63) is 36.0 Å². The van der Waals surface area contributed by atoms with Gasteiger partial charge in [0.15, 0.2) is 5.58 Å². The van der Waals surface area contributed by atoms with Crippen LogP contribution >= 0.6 is 0 Å². The van der Waals surface area contributed by atoms with Gasteiger partial charge in [0.1, 0.15) is 23.0 Å². The smallest absolute Gasteiger partial charge is 0.354 e. The minimum absolute atomic E-state index is 0.325. The lowest BCUT2D eigenvalue weighted by atomic mass is 10.1. The molecule has 2 heterocycles. The van der Waals surface area contributed by atoms with E-state index in [2.05, 4.69) is 4.98 Å². The second kappa shape index (κ2) is 6.08. The maximum Gasteiger partial charge on any atom is 0.354 e. The predicted octanol–water partition coefficient (Wildman–Crippen LogP) is 3.62. The monoisotopic (exact) mass is 315 g/mol. The molecule has 23 heavy (non-hydrogen) atoms. The van der Waals surface area contributed by atoms with Crippen molar-refractivity contribution in [2.75, 3.05) is 20.8 Å². The van der Waals surface area contributed by atoms with Gasteiger partial charge in [0, 0.05) is 12.1 Å². The van der Waals surface area contributed by atoms with Gasteiger partial charge in [-0.15, -0.1) is 0 Å². The van der Waals surface area contributed by atoms with Crippen molar-refractivity contribution in [3.8, 4) is 22.8 Å². The summed E-state index contributed by atoms with van der Waals surface area (Å²) in [6, 6.07) is 8.91. The van der Waals surface area contributed by atoms with Gasteiger partial charge < -0.3 is 23.6 Å². The number of esters is 1. The van der Waals surface area contributed by atoms with E-state index in [1.54, 1.807) is 27.2 Å². The summed E-state index contributed by atoms with van der Waals surface area (Å²) in [5.41, 5.74) is 2.43. The summed E-state index contributed by atoms with van der Waals surface area (Å²) in [6.45, 7) is 2.09. The van der Waals surface area contributed by atoms with Gasteiger partial charge in [0.05, 0.1) is 31.9 Å². The van der Waals surface area contributed by atoms with Gasteiger partial charge in [-0.2, -0.15) is 0 Å². The Bertz CT molecular complexity index is 814. The van der Waals surface area contributed by atoms with Crippen LogP contribution in [0.2, 0.25) is 0 Å². The number of methoxy groups -OCH3 is 2. The number of rotatable bonds is 5. The molecule has 1 aromatic carbocycles. The van der Waals surface area contributed by atoms with E-state index < -0.39 is 5.97 Å². The number of ether oxygens (including phenoxy) is 3. The maximum atomic E-state index is 11.7. The van der Waals surface area contributed by atoms with Crippen LogP contribution in [0.3, 0.4) is 0 Å². The quantitative estimate of drug-likeness (QED) is 0.728. The Labute approximate surface area is 133 Å². The van der Waals surface area contributed by atoms with Gasteiger partial charge in [-0.3, -0.25) is 0 Å². The molecule has 0 radical (unpaired) electrons. The van der Waals surface area contributed by atoms with E-state index in [1.165, 1.54) is 0 Å². The first-order valence-electron chi connectivity index (χ1n) is 7.18. The highest BCUT2D eigenvalue weighted by Gasteiger charge is 2.17. The summed E-state index contributed by atoms with van der Waals surface area (Å²) < 4.78 is 21.4. The van der Waals surface area contributed by atoms with Crippen molar-refractivity contribution in [1.29, 1.82) is 0 Å². The van der Waals surface area contributed by atoms with Gasteiger partial charge in [-0.25, -0.2) is 4.79 Å². The minimum Gasteiger partial charge on any atom is -0.497 e. The normalized spacial score (nSPS) is 10.7. The van der Waals surface area contributed by atoms with Crippen molar-refractivity contribution in [1.82, 2.24) is 4.98 Å². The first-order valence-corrected chi connectivity index (χ1v) is 7.18. The number of aromatic nitrogens is 1. The Morgan fingerprint density at radius 3 is 2.65 bits per heavy atom. The molecule has 0 unspecified atom stereocenters. The van der Waals surface area contributed by atoms with E-state index in [4.69, 9.17) is 18.6 Å². The van der Waals surface area contributed by atoms with E-state index in [0.29, 0.717) is 40.7 Å². The van der Waals surface area contributed by atoms with Gasteiger partial charge >= 0.3 is 5.97 Å². The molecular weight excluding hydrogens is 298 g/mol. The third-order valence-corrected chi connectivity index (χ3v) is 3.47. The summed E-state index contributed by atoms with van der Waals surface area (Å²) >= 11 is 0. The number of fused-ring (bicyclic) bond motifs is 1. The maximum absolute atomic E-state index is 11.7. The highest BCUT2D eigenvalue weighted by molar-refractivity contribution is 5.94. The van der Waals surface area contributed by atoms with Gasteiger partial charge in [0.2, 0.25) is 0 Å². The number of hydrogen-bond donors (Lipinski definition) is 1. The van der Waals surface area contributed by atoms with Crippen molar-refractivity contribution in [3.63, 3.8) is 0 Å². The summed E-state index contributed by atoms with van der Waals surface area (Å²) in [7, 11) is 3.20. The largest absolute Gasteiger partial charge is 0.497 e. The fourth-order valence-corrected chi connectivity index (χ4v) is 2.38. The highest BCUT2D eigenvalue weighted by Crippen LogP contribution is 2.36. The molecule has 6 heteroatoms. The second-order valence-corrected chi connectivity index (χ2v) is 4.86. The summed E-state index contributed by atoms with van der Waals surface area (Å²) in [5.74, 6) is 1.60. The molecule has 1 N–H and O–H groups in total. The van der Waals surface area contributed by atoms with Crippen LogP contribution < -0.4 is 9.47 Å². The number of carbonyl (C=O) groups is 1. The average Bonchev–Trinajstić information content (AvgIpc) is 3.13. The zero-order chi connectivity index (χ0) is 16.4. The number of benzene rings is 1. The van der Waals surface area contributed by atoms with Crippen LogP contribution in [-0.4, -0.2) is 31.8 Å². The molecule has 2 aromatic heterocycles. The molecule has 0 aliphatic carbocycles. The lowest BCUT2D eigenvalue weighted by Crippen LogP contribution is -2.04. The average molecular weight is 315 g/mol. The first-order chi connectivity index (χ1) is 11.2. The Morgan fingerprint density at radius 2 is 2.00 bits per heavy atom. The molecule has 3 rings (SSSR count). The molecule has 120 valence electrons. The third-order valence-electron chi connectivity index (χ3n) is 3.47. The number of aromatic amines is 1. The molecule has 0 aliphatic rings. The van der Waals surface area contributed by atoms with Crippen LogP contribution in [0.5, 0.6) is 11.5 Å². The van der Waals surface area contributed by atoms with Crippen molar-refractivity contribution in [2.45, 2.75) is 6.92 Å². The van der Waals surface area contributed by atoms with Crippen LogP contribution in [0.4, 0.5) is 0 Å². The third kappa shape index (κ3) is 2.75. The zero-order valence-electron chi connectivity index (χ0n) is 13.1. The highest BCUT2D eigenvalue weighted by atomic mass is 16.5. The van der Waals surface area contributed by atoms with Crippen molar-refractivity contribution in [2.24, 2.45) is 0 Å². The molecule has 3 aromatic rings. The molecule has 0 aliphatic heterocycles. The fourth-order valence-electron chi connectivity index (χ4n) is 2.38. The molecule has 0 fully saturated rings. The number of carbonyl (C=O) groups excluding carboxylic acids is 1. The van der Waals surface area contributed by atoms with Gasteiger partial charge in [-0.05, 0) is 25.1 Å². The lowest BCUT2D eigenvalue weighted by molar-refractivity contribution is 0.0520. The molecule has 0 spiro atoms. The summed E-state index contributed by atoms with van der Waals surface area (Å²) in [4.78, 5) is 14.7. The van der Waals surface area contributed by atoms with Crippen molar-refractivity contribution >= 4 is 17.1 Å². The van der Waals surface area contributed by atoms with Crippen LogP contribution in [0.1, 0.15) is 17.4 Å². The van der Waals surface area contributed by atoms with E-state index in [1.807, 2.05) is 24.3 Å². The lowest BCUT2D eigenvalue weighted by Gasteiger charge is -2.08. The van der Waals surface area contributed by atoms with E-state index >= 15 is 0 Å². The molecule has 0 atom stereocenters. The van der Waals surface area contributed by atoms with Crippen LogP contribution in [-0.2, 0) is 4.74 Å². The SMILES string of the molecule is CCOC(=O)c1cc2oc(-c3cc(OC)ccc3OC)cc2[nH]1. The zero-order valence-corrected chi connectivity index (χ0v) is 13.1. The number of H-pyrrole nitrogens is 1. The second-order valence-electron chi connectivity index (χ2n) is 4.86. The molecule has 0 saturated carbocycles. The summed E-state index contributed by atoms with van der Waals surface area (Å²) in [6.07, 6.45) is 0. The summed E-state index contributed by atoms with van der Waals surface area (Å²) in [5, 5.41) is 0. The Hall–Kier alpha value is -2.89. The van der Waals surface area contributed by atoms with E-state index in [-0.39, 0.29) is 0 Å². The van der Waals surface area contributed by atoms with Crippen molar-refractivity contribution < 1.29 is 23.4 Å². The fraction of sp³-hybridized carbons (Fsp3) is 0.235. The standard InChI is InChI=1S/C17H17NO5/c1-4-22-17(19)13-9-16-12(18-13)8-15(23-16)11-7-10(20-2)5-6-14(11)21-3/h5-9,18H,4H2,1-3H3.